The van der Waals surface area contributed by atoms with E-state index in [4.69, 9.17) is 14.2 Å². The summed E-state index contributed by atoms with van der Waals surface area (Å²) in [5, 5.41) is 18.5. The van der Waals surface area contributed by atoms with Crippen LogP contribution >= 0.6 is 0 Å². The first-order valence-corrected chi connectivity index (χ1v) is 19.2. The number of carbonyl (C=O) groups is 2. The van der Waals surface area contributed by atoms with Gasteiger partial charge in [0.25, 0.3) is 0 Å². The Labute approximate surface area is 327 Å². The van der Waals surface area contributed by atoms with Crippen LogP contribution in [0.2, 0.25) is 0 Å². The van der Waals surface area contributed by atoms with Gasteiger partial charge in [-0.25, -0.2) is 4.79 Å². The Morgan fingerprint density at radius 1 is 0.786 bits per heavy atom. The van der Waals surface area contributed by atoms with Crippen LogP contribution in [0.5, 0.6) is 11.5 Å². The summed E-state index contributed by atoms with van der Waals surface area (Å²) in [7, 11) is 0. The summed E-state index contributed by atoms with van der Waals surface area (Å²) in [5.74, 6) is 1.52. The lowest BCUT2D eigenvalue weighted by Crippen LogP contribution is -2.57. The third-order valence-electron chi connectivity index (χ3n) is 11.2. The second-order valence-corrected chi connectivity index (χ2v) is 14.7. The Morgan fingerprint density at radius 3 is 2.02 bits per heavy atom. The number of anilines is 3. The molecule has 5 aromatic rings. The van der Waals surface area contributed by atoms with Gasteiger partial charge in [0.15, 0.2) is 6.29 Å². The van der Waals surface area contributed by atoms with E-state index in [0.29, 0.717) is 30.3 Å². The van der Waals surface area contributed by atoms with Crippen molar-refractivity contribution in [2.45, 2.75) is 50.4 Å². The van der Waals surface area contributed by atoms with Crippen LogP contribution in [0.4, 0.5) is 21.9 Å². The minimum absolute atomic E-state index is 0.0151. The molecule has 3 heterocycles. The smallest absolute Gasteiger partial charge is 0.323 e. The molecule has 5 aromatic carbocycles. The van der Waals surface area contributed by atoms with E-state index in [1.54, 1.807) is 24.3 Å². The van der Waals surface area contributed by atoms with Crippen LogP contribution < -0.4 is 25.6 Å². The molecule has 1 spiro atoms. The number of hydrogen-bond acceptors (Lipinski definition) is 8. The van der Waals surface area contributed by atoms with Gasteiger partial charge in [-0.1, -0.05) is 79.7 Å². The van der Waals surface area contributed by atoms with Gasteiger partial charge in [-0.05, 0) is 84.6 Å². The van der Waals surface area contributed by atoms with E-state index in [2.05, 4.69) is 44.8 Å². The fourth-order valence-corrected chi connectivity index (χ4v) is 7.97. The van der Waals surface area contributed by atoms with Gasteiger partial charge in [-0.15, -0.1) is 0 Å². The molecule has 3 saturated heterocycles. The van der Waals surface area contributed by atoms with Crippen molar-refractivity contribution in [2.24, 2.45) is 5.92 Å². The largest absolute Gasteiger partial charge is 0.457 e. The van der Waals surface area contributed by atoms with Crippen LogP contribution in [0.1, 0.15) is 48.8 Å². The zero-order chi connectivity index (χ0) is 38.5. The summed E-state index contributed by atoms with van der Waals surface area (Å²) in [6.07, 6.45) is 0.364. The Bertz CT molecular complexity index is 2070. The van der Waals surface area contributed by atoms with E-state index < -0.39 is 11.8 Å². The quantitative estimate of drug-likeness (QED) is 0.114. The minimum atomic E-state index is -0.650. The van der Waals surface area contributed by atoms with Crippen LogP contribution in [0.25, 0.3) is 0 Å². The second kappa shape index (κ2) is 16.6. The number of aliphatic hydroxyl groups excluding tert-OH is 1. The summed E-state index contributed by atoms with van der Waals surface area (Å²) >= 11 is 0. The van der Waals surface area contributed by atoms with Gasteiger partial charge in [0.05, 0.1) is 25.5 Å². The minimum Gasteiger partial charge on any atom is -0.457 e. The normalized spacial score (nSPS) is 22.0. The molecule has 3 aliphatic rings. The molecule has 0 unspecified atom stereocenters. The molecule has 4 atom stereocenters. The van der Waals surface area contributed by atoms with Crippen LogP contribution in [-0.4, -0.2) is 59.9 Å². The zero-order valence-electron chi connectivity index (χ0n) is 31.3. The number of nitrogens with one attached hydrogen (secondary N) is 3. The van der Waals surface area contributed by atoms with Gasteiger partial charge in [-0.2, -0.15) is 0 Å². The Kier molecular flexibility index (Phi) is 11.0. The third-order valence-corrected chi connectivity index (χ3v) is 11.2. The monoisotopic (exact) mass is 753 g/mol. The highest BCUT2D eigenvalue weighted by Gasteiger charge is 2.51. The Morgan fingerprint density at radius 2 is 1.38 bits per heavy atom. The number of urea groups is 1. The Hall–Kier alpha value is -5.72. The van der Waals surface area contributed by atoms with Gasteiger partial charge in [0.1, 0.15) is 17.0 Å². The molecule has 56 heavy (non-hydrogen) atoms. The van der Waals surface area contributed by atoms with Crippen LogP contribution in [0.3, 0.4) is 0 Å². The molecule has 0 aliphatic carbocycles. The predicted octanol–water partition coefficient (Wildman–Crippen LogP) is 7.84. The average molecular weight is 754 g/mol. The van der Waals surface area contributed by atoms with E-state index in [1.165, 1.54) is 0 Å². The lowest BCUT2D eigenvalue weighted by Gasteiger charge is -2.46. The highest BCUT2D eigenvalue weighted by atomic mass is 16.7. The number of rotatable bonds is 10. The first kappa shape index (κ1) is 37.2. The fourth-order valence-electron chi connectivity index (χ4n) is 7.97. The molecular formula is C45H47N5O6. The molecule has 0 aromatic heterocycles. The van der Waals surface area contributed by atoms with E-state index >= 15 is 0 Å². The number of ether oxygens (including phenoxy) is 3. The molecule has 11 nitrogen and oxygen atoms in total. The van der Waals surface area contributed by atoms with Crippen molar-refractivity contribution < 1.29 is 28.9 Å². The number of amides is 3. The first-order valence-electron chi connectivity index (χ1n) is 19.2. The highest BCUT2D eigenvalue weighted by Crippen LogP contribution is 2.43. The maximum atomic E-state index is 13.3. The van der Waals surface area contributed by atoms with Crippen molar-refractivity contribution in [3.8, 4) is 11.5 Å². The average Bonchev–Trinajstić information content (AvgIpc) is 3.55. The van der Waals surface area contributed by atoms with Crippen LogP contribution in [0, 0.1) is 5.92 Å². The summed E-state index contributed by atoms with van der Waals surface area (Å²) in [4.78, 5) is 30.8. The first-order chi connectivity index (χ1) is 27.4. The molecule has 3 fully saturated rings. The van der Waals surface area contributed by atoms with Gasteiger partial charge in [-0.3, -0.25) is 4.79 Å². The lowest BCUT2D eigenvalue weighted by molar-refractivity contribution is -0.276. The Balaban J connectivity index is 0.926. The van der Waals surface area contributed by atoms with Gasteiger partial charge >= 0.3 is 6.03 Å². The van der Waals surface area contributed by atoms with Crippen LogP contribution in [-0.2, 0) is 20.9 Å². The number of carbonyl (C=O) groups excluding carboxylic acids is 2. The SMILES string of the molecule is C[C@H]1[C@@H](CN2CCC3(CC2)C(=O)NCN3c2ccccc2)O[C@@H](c2ccc(NC(=O)Nc3ccc(Oc4ccccc4)cc3)cc2)O[C@H]1c1ccc(CO)cc1. The van der Waals surface area contributed by atoms with E-state index in [-0.39, 0.29) is 36.7 Å². The van der Waals surface area contributed by atoms with Crippen molar-refractivity contribution in [1.82, 2.24) is 10.2 Å². The van der Waals surface area contributed by atoms with E-state index in [9.17, 15) is 14.7 Å². The molecule has 3 amide bonds. The molecular weight excluding hydrogens is 707 g/mol. The standard InChI is InChI=1S/C45H47N5O6/c1-31-40(28-49-26-24-45(25-27-49)43(52)46-30-50(45)37-8-4-2-5-9-37)55-42(56-41(31)33-14-12-32(29-51)13-15-33)34-16-18-35(19-17-34)47-44(53)48-36-20-22-39(23-21-36)54-38-10-6-3-7-11-38/h2-23,31,40-42,51H,24-30H2,1H3,(H,46,52)(H2,47,48,53)/t31-,40+,41+,42+/m0/s1. The van der Waals surface area contributed by atoms with Crippen molar-refractivity contribution in [3.05, 3.63) is 150 Å². The number of likely N-dealkylation sites (tertiary alicyclic amines) is 1. The number of para-hydroxylation sites is 2. The molecule has 0 bridgehead atoms. The summed E-state index contributed by atoms with van der Waals surface area (Å²) in [6.45, 7) is 4.86. The number of aliphatic hydroxyl groups is 1. The molecule has 0 radical (unpaired) electrons. The molecule has 3 aliphatic heterocycles. The fraction of sp³-hybridized carbons (Fsp3) is 0.289. The number of hydrogen-bond donors (Lipinski definition) is 4. The van der Waals surface area contributed by atoms with Crippen molar-refractivity contribution >= 4 is 29.0 Å². The predicted molar refractivity (Wildman–Crippen MR) is 215 cm³/mol. The van der Waals surface area contributed by atoms with Gasteiger partial charge in [0.2, 0.25) is 5.91 Å². The maximum absolute atomic E-state index is 13.3. The van der Waals surface area contributed by atoms with E-state index in [1.807, 2.05) is 97.1 Å². The number of piperidine rings is 1. The lowest BCUT2D eigenvalue weighted by atomic mass is 9.84. The topological polar surface area (TPSA) is 125 Å². The number of benzene rings is 5. The zero-order valence-corrected chi connectivity index (χ0v) is 31.3. The highest BCUT2D eigenvalue weighted by molar-refractivity contribution is 5.99. The summed E-state index contributed by atoms with van der Waals surface area (Å²) < 4.78 is 19.3. The molecule has 8 rings (SSSR count). The maximum Gasteiger partial charge on any atom is 0.323 e. The molecule has 288 valence electrons. The molecule has 11 heteroatoms. The van der Waals surface area contributed by atoms with Gasteiger partial charge < -0.3 is 45.1 Å². The van der Waals surface area contributed by atoms with Crippen molar-refractivity contribution in [2.75, 3.05) is 41.8 Å². The van der Waals surface area contributed by atoms with Crippen molar-refractivity contribution in [3.63, 3.8) is 0 Å². The van der Waals surface area contributed by atoms with Crippen LogP contribution in [0.15, 0.2) is 133 Å². The number of nitrogens with zero attached hydrogens (tertiary/aromatic N) is 2. The van der Waals surface area contributed by atoms with Gasteiger partial charge in [0, 0.05) is 48.2 Å². The molecule has 0 saturated carbocycles. The second-order valence-electron chi connectivity index (χ2n) is 14.7. The third kappa shape index (κ3) is 8.12. The molecule has 4 N–H and O–H groups in total. The van der Waals surface area contributed by atoms with Crippen molar-refractivity contribution in [1.29, 1.82) is 0 Å². The summed E-state index contributed by atoms with van der Waals surface area (Å²) in [5.41, 5.74) is 4.43. The van der Waals surface area contributed by atoms with E-state index in [0.717, 1.165) is 54.1 Å². The summed E-state index contributed by atoms with van der Waals surface area (Å²) in [6, 6.07) is 41.9.